The van der Waals surface area contributed by atoms with Crippen LogP contribution in [-0.4, -0.2) is 13.1 Å². The second-order valence-electron chi connectivity index (χ2n) is 2.97. The van der Waals surface area contributed by atoms with E-state index in [1.165, 1.54) is 7.11 Å². The highest BCUT2D eigenvalue weighted by atomic mass is 79.9. The maximum absolute atomic E-state index is 11.2. The van der Waals surface area contributed by atoms with Crippen LogP contribution in [0.3, 0.4) is 0 Å². The predicted octanol–water partition coefficient (Wildman–Crippen LogP) is 3.27. The number of carbonyl (C=O) groups is 1. The van der Waals surface area contributed by atoms with Gasteiger partial charge in [0.2, 0.25) is 0 Å². The van der Waals surface area contributed by atoms with Gasteiger partial charge in [-0.2, -0.15) is 0 Å². The quantitative estimate of drug-likeness (QED) is 0.758. The molecule has 0 aliphatic rings. The zero-order valence-corrected chi connectivity index (χ0v) is 9.72. The Balaban J connectivity index is 3.14. The number of benzene rings is 1. The summed E-state index contributed by atoms with van der Waals surface area (Å²) in [5.41, 5.74) is 2.49. The largest absolute Gasteiger partial charge is 0.465 e. The Labute approximate surface area is 91.7 Å². The molecular formula is C11H11BrO2. The van der Waals surface area contributed by atoms with Crippen molar-refractivity contribution < 1.29 is 9.53 Å². The first-order valence-corrected chi connectivity index (χ1v) is 4.89. The van der Waals surface area contributed by atoms with Crippen molar-refractivity contribution in [2.45, 2.75) is 6.92 Å². The second-order valence-corrected chi connectivity index (χ2v) is 3.82. The van der Waals surface area contributed by atoms with E-state index < -0.39 is 0 Å². The Kier molecular flexibility index (Phi) is 3.47. The van der Waals surface area contributed by atoms with Crippen LogP contribution in [0.4, 0.5) is 0 Å². The molecule has 0 spiro atoms. The maximum atomic E-state index is 11.2. The van der Waals surface area contributed by atoms with Gasteiger partial charge in [0.25, 0.3) is 0 Å². The van der Waals surface area contributed by atoms with Crippen molar-refractivity contribution in [2.24, 2.45) is 0 Å². The zero-order chi connectivity index (χ0) is 10.7. The molecule has 1 aromatic carbocycles. The van der Waals surface area contributed by atoms with Crippen molar-refractivity contribution in [3.8, 4) is 0 Å². The highest BCUT2D eigenvalue weighted by Crippen LogP contribution is 2.22. The molecule has 0 N–H and O–H groups in total. The van der Waals surface area contributed by atoms with Crippen LogP contribution < -0.4 is 0 Å². The van der Waals surface area contributed by atoms with E-state index in [1.54, 1.807) is 6.07 Å². The maximum Gasteiger partial charge on any atom is 0.339 e. The molecular weight excluding hydrogens is 244 g/mol. The lowest BCUT2D eigenvalue weighted by Crippen LogP contribution is -2.02. The first kappa shape index (κ1) is 11.0. The van der Waals surface area contributed by atoms with Crippen molar-refractivity contribution in [1.29, 1.82) is 0 Å². The average molecular weight is 255 g/mol. The van der Waals surface area contributed by atoms with Crippen molar-refractivity contribution in [1.82, 2.24) is 0 Å². The topological polar surface area (TPSA) is 26.3 Å². The molecule has 74 valence electrons. The molecule has 0 aromatic heterocycles. The average Bonchev–Trinajstić information content (AvgIpc) is 2.16. The summed E-state index contributed by atoms with van der Waals surface area (Å²) in [5, 5.41) is 0. The van der Waals surface area contributed by atoms with Gasteiger partial charge in [-0.1, -0.05) is 18.2 Å². The van der Waals surface area contributed by atoms with Crippen molar-refractivity contribution in [2.75, 3.05) is 7.11 Å². The van der Waals surface area contributed by atoms with E-state index in [0.717, 1.165) is 15.6 Å². The third-order valence-electron chi connectivity index (χ3n) is 1.87. The van der Waals surface area contributed by atoms with Crippen LogP contribution in [0.15, 0.2) is 29.3 Å². The summed E-state index contributed by atoms with van der Waals surface area (Å²) in [6.07, 6.45) is 0. The van der Waals surface area contributed by atoms with Gasteiger partial charge in [-0.15, -0.1) is 0 Å². The second kappa shape index (κ2) is 4.42. The van der Waals surface area contributed by atoms with Gasteiger partial charge in [0.1, 0.15) is 0 Å². The van der Waals surface area contributed by atoms with Crippen molar-refractivity contribution in [3.63, 3.8) is 0 Å². The number of halogens is 1. The van der Waals surface area contributed by atoms with Crippen molar-refractivity contribution in [3.05, 3.63) is 40.4 Å². The van der Waals surface area contributed by atoms with Gasteiger partial charge >= 0.3 is 5.97 Å². The lowest BCUT2D eigenvalue weighted by Gasteiger charge is -2.05. The van der Waals surface area contributed by atoms with Gasteiger partial charge in [0.15, 0.2) is 0 Å². The number of methoxy groups -OCH3 is 1. The molecule has 2 nitrogen and oxygen atoms in total. The lowest BCUT2D eigenvalue weighted by molar-refractivity contribution is 0.0599. The third kappa shape index (κ3) is 2.23. The molecule has 0 aliphatic heterocycles. The third-order valence-corrected chi connectivity index (χ3v) is 2.52. The summed E-state index contributed by atoms with van der Waals surface area (Å²) in [6.45, 7) is 5.74. The van der Waals surface area contributed by atoms with Crippen LogP contribution in [0.1, 0.15) is 22.8 Å². The fourth-order valence-electron chi connectivity index (χ4n) is 1.06. The smallest absolute Gasteiger partial charge is 0.339 e. The summed E-state index contributed by atoms with van der Waals surface area (Å²) < 4.78 is 5.35. The van der Waals surface area contributed by atoms with E-state index in [4.69, 9.17) is 0 Å². The van der Waals surface area contributed by atoms with Crippen LogP contribution in [0.5, 0.6) is 0 Å². The predicted molar refractivity (Wildman–Crippen MR) is 60.2 cm³/mol. The highest BCUT2D eigenvalue weighted by Gasteiger charge is 2.10. The normalized spacial score (nSPS) is 9.64. The molecule has 0 radical (unpaired) electrons. The van der Waals surface area contributed by atoms with E-state index in [2.05, 4.69) is 27.2 Å². The van der Waals surface area contributed by atoms with Gasteiger partial charge in [-0.05, 0) is 40.5 Å². The van der Waals surface area contributed by atoms with Crippen molar-refractivity contribution >= 4 is 27.5 Å². The Bertz CT molecular complexity index is 383. The van der Waals surface area contributed by atoms with E-state index >= 15 is 0 Å². The van der Waals surface area contributed by atoms with E-state index in [0.29, 0.717) is 5.56 Å². The minimum absolute atomic E-state index is 0.342. The Morgan fingerprint density at radius 1 is 1.50 bits per heavy atom. The number of ether oxygens (including phenoxy) is 1. The van der Waals surface area contributed by atoms with E-state index in [1.807, 2.05) is 19.1 Å². The standard InChI is InChI=1S/C11H11BrO2/c1-7(2)8-4-5-9(10(12)6-8)11(13)14-3/h4-6H,1H2,2-3H3. The molecule has 0 saturated carbocycles. The fourth-order valence-corrected chi connectivity index (χ4v) is 1.60. The minimum atomic E-state index is -0.342. The van der Waals surface area contributed by atoms with E-state index in [9.17, 15) is 4.79 Å². The number of hydrogen-bond donors (Lipinski definition) is 0. The Morgan fingerprint density at radius 2 is 2.14 bits per heavy atom. The Morgan fingerprint density at radius 3 is 2.57 bits per heavy atom. The molecule has 0 fully saturated rings. The van der Waals surface area contributed by atoms with Gasteiger partial charge in [-0.3, -0.25) is 0 Å². The van der Waals surface area contributed by atoms with Gasteiger partial charge in [0.05, 0.1) is 12.7 Å². The van der Waals surface area contributed by atoms with Gasteiger partial charge in [-0.25, -0.2) is 4.79 Å². The highest BCUT2D eigenvalue weighted by molar-refractivity contribution is 9.10. The lowest BCUT2D eigenvalue weighted by atomic mass is 10.1. The van der Waals surface area contributed by atoms with Crippen LogP contribution >= 0.6 is 15.9 Å². The summed E-state index contributed by atoms with van der Waals surface area (Å²) in [5.74, 6) is -0.342. The SMILES string of the molecule is C=C(C)c1ccc(C(=O)OC)c(Br)c1. The molecule has 0 atom stereocenters. The molecule has 0 unspecified atom stereocenters. The number of hydrogen-bond acceptors (Lipinski definition) is 2. The number of rotatable bonds is 2. The van der Waals surface area contributed by atoms with Gasteiger partial charge in [0, 0.05) is 4.47 Å². The first-order chi connectivity index (χ1) is 6.56. The monoisotopic (exact) mass is 254 g/mol. The summed E-state index contributed by atoms with van der Waals surface area (Å²) >= 11 is 3.31. The zero-order valence-electron chi connectivity index (χ0n) is 8.13. The number of allylic oxidation sites excluding steroid dienone is 1. The summed E-state index contributed by atoms with van der Waals surface area (Å²) in [7, 11) is 1.36. The molecule has 0 bridgehead atoms. The fraction of sp³-hybridized carbons (Fsp3) is 0.182. The summed E-state index contributed by atoms with van der Waals surface area (Å²) in [4.78, 5) is 11.2. The first-order valence-electron chi connectivity index (χ1n) is 4.10. The molecule has 0 amide bonds. The molecule has 0 saturated heterocycles. The Hall–Kier alpha value is -1.09. The molecule has 0 heterocycles. The van der Waals surface area contributed by atoms with Crippen LogP contribution in [0.25, 0.3) is 5.57 Å². The molecule has 3 heteroatoms. The molecule has 1 rings (SSSR count). The molecule has 14 heavy (non-hydrogen) atoms. The molecule has 0 aliphatic carbocycles. The summed E-state index contributed by atoms with van der Waals surface area (Å²) in [6, 6.07) is 5.42. The van der Waals surface area contributed by atoms with E-state index in [-0.39, 0.29) is 5.97 Å². The minimum Gasteiger partial charge on any atom is -0.465 e. The number of carbonyl (C=O) groups excluding carboxylic acids is 1. The van der Waals surface area contributed by atoms with Gasteiger partial charge < -0.3 is 4.74 Å². The van der Waals surface area contributed by atoms with Crippen LogP contribution in [-0.2, 0) is 4.74 Å². The van der Waals surface area contributed by atoms with Crippen LogP contribution in [0.2, 0.25) is 0 Å². The van der Waals surface area contributed by atoms with Crippen LogP contribution in [0, 0.1) is 0 Å². The molecule has 1 aromatic rings. The number of esters is 1.